The highest BCUT2D eigenvalue weighted by molar-refractivity contribution is 7.89. The number of aromatic nitrogens is 2. The van der Waals surface area contributed by atoms with E-state index in [1.54, 1.807) is 0 Å². The Labute approximate surface area is 125 Å². The molecule has 0 radical (unpaired) electrons. The maximum Gasteiger partial charge on any atom is 0.273 e. The first-order chi connectivity index (χ1) is 9.81. The van der Waals surface area contributed by atoms with E-state index in [2.05, 4.69) is 22.4 Å². The van der Waals surface area contributed by atoms with Gasteiger partial charge in [-0.3, -0.25) is 9.89 Å². The van der Waals surface area contributed by atoms with Crippen LogP contribution in [0.1, 0.15) is 62.1 Å². The number of amides is 1. The summed E-state index contributed by atoms with van der Waals surface area (Å²) in [6.45, 7) is 5.64. The SMILES string of the molecule is CCCCC(CCC)NC(=O)c1n[nH]c(C)c1S(N)(=O)=O. The summed E-state index contributed by atoms with van der Waals surface area (Å²) in [4.78, 5) is 12.0. The maximum absolute atomic E-state index is 12.3. The van der Waals surface area contributed by atoms with E-state index in [1.807, 2.05) is 6.92 Å². The molecule has 0 aliphatic heterocycles. The van der Waals surface area contributed by atoms with Gasteiger partial charge in [-0.15, -0.1) is 0 Å². The van der Waals surface area contributed by atoms with Crippen LogP contribution in [0.2, 0.25) is 0 Å². The van der Waals surface area contributed by atoms with E-state index in [4.69, 9.17) is 5.14 Å². The zero-order valence-electron chi connectivity index (χ0n) is 12.8. The summed E-state index contributed by atoms with van der Waals surface area (Å²) in [5, 5.41) is 14.3. The second-order valence-corrected chi connectivity index (χ2v) is 6.67. The maximum atomic E-state index is 12.3. The lowest BCUT2D eigenvalue weighted by atomic mass is 10.1. The largest absolute Gasteiger partial charge is 0.348 e. The normalized spacial score (nSPS) is 13.1. The van der Waals surface area contributed by atoms with Crippen molar-refractivity contribution in [2.24, 2.45) is 5.14 Å². The molecule has 0 saturated carbocycles. The smallest absolute Gasteiger partial charge is 0.273 e. The average Bonchev–Trinajstić information content (AvgIpc) is 2.78. The molecule has 0 aliphatic rings. The summed E-state index contributed by atoms with van der Waals surface area (Å²) in [5.74, 6) is -0.502. The van der Waals surface area contributed by atoms with Crippen molar-refractivity contribution in [1.29, 1.82) is 0 Å². The zero-order valence-corrected chi connectivity index (χ0v) is 13.6. The summed E-state index contributed by atoms with van der Waals surface area (Å²) in [5.41, 5.74) is 0.107. The molecule has 0 aromatic carbocycles. The lowest BCUT2D eigenvalue weighted by Gasteiger charge is -2.17. The molecule has 0 fully saturated rings. The van der Waals surface area contributed by atoms with Crippen molar-refractivity contribution in [3.8, 4) is 0 Å². The molecule has 1 aromatic rings. The van der Waals surface area contributed by atoms with Gasteiger partial charge in [-0.1, -0.05) is 33.1 Å². The van der Waals surface area contributed by atoms with Crippen LogP contribution in [0, 0.1) is 6.92 Å². The Bertz CT molecular complexity index is 580. The minimum Gasteiger partial charge on any atom is -0.348 e. The van der Waals surface area contributed by atoms with E-state index in [9.17, 15) is 13.2 Å². The number of aryl methyl sites for hydroxylation is 1. The Morgan fingerprint density at radius 2 is 2.00 bits per heavy atom. The Kier molecular flexibility index (Phi) is 6.35. The lowest BCUT2D eigenvalue weighted by Crippen LogP contribution is -2.36. The summed E-state index contributed by atoms with van der Waals surface area (Å²) in [6.07, 6.45) is 4.70. The molecule has 0 spiro atoms. The molecule has 0 bridgehead atoms. The van der Waals surface area contributed by atoms with Crippen LogP contribution in [-0.2, 0) is 10.0 Å². The summed E-state index contributed by atoms with van der Waals surface area (Å²) in [6, 6.07) is 0.0211. The number of aromatic amines is 1. The highest BCUT2D eigenvalue weighted by atomic mass is 32.2. The van der Waals surface area contributed by atoms with Gasteiger partial charge in [-0.05, 0) is 19.8 Å². The summed E-state index contributed by atoms with van der Waals surface area (Å²) >= 11 is 0. The second kappa shape index (κ2) is 7.56. The number of sulfonamides is 1. The molecule has 4 N–H and O–H groups in total. The molecule has 7 nitrogen and oxygen atoms in total. The van der Waals surface area contributed by atoms with E-state index in [0.717, 1.165) is 32.1 Å². The van der Waals surface area contributed by atoms with Gasteiger partial charge in [0.05, 0.1) is 5.69 Å². The average molecular weight is 316 g/mol. The third-order valence-electron chi connectivity index (χ3n) is 3.27. The van der Waals surface area contributed by atoms with Crippen LogP contribution >= 0.6 is 0 Å². The molecule has 120 valence electrons. The Balaban J connectivity index is 2.93. The Hall–Kier alpha value is -1.41. The van der Waals surface area contributed by atoms with Crippen molar-refractivity contribution in [3.63, 3.8) is 0 Å². The summed E-state index contributed by atoms with van der Waals surface area (Å²) < 4.78 is 23.1. The Morgan fingerprint density at radius 1 is 1.33 bits per heavy atom. The molecule has 1 amide bonds. The van der Waals surface area contributed by atoms with E-state index < -0.39 is 15.9 Å². The molecule has 0 saturated heterocycles. The van der Waals surface area contributed by atoms with Gasteiger partial charge in [-0.25, -0.2) is 13.6 Å². The number of hydrogen-bond acceptors (Lipinski definition) is 4. The van der Waals surface area contributed by atoms with Crippen molar-refractivity contribution >= 4 is 15.9 Å². The fraction of sp³-hybridized carbons (Fsp3) is 0.692. The van der Waals surface area contributed by atoms with Gasteiger partial charge >= 0.3 is 0 Å². The topological polar surface area (TPSA) is 118 Å². The van der Waals surface area contributed by atoms with Crippen molar-refractivity contribution in [3.05, 3.63) is 11.4 Å². The highest BCUT2D eigenvalue weighted by Crippen LogP contribution is 2.16. The monoisotopic (exact) mass is 316 g/mol. The van der Waals surface area contributed by atoms with Crippen LogP contribution in [-0.4, -0.2) is 30.6 Å². The van der Waals surface area contributed by atoms with Crippen molar-refractivity contribution in [2.45, 2.75) is 63.8 Å². The van der Waals surface area contributed by atoms with E-state index >= 15 is 0 Å². The number of carbonyl (C=O) groups is 1. The standard InChI is InChI=1S/C13H24N4O3S/c1-4-6-8-10(7-5-2)15-13(18)11-12(21(14,19)20)9(3)16-17-11/h10H,4-8H2,1-3H3,(H,15,18)(H,16,17)(H2,14,19,20). The molecular weight excluding hydrogens is 292 g/mol. The number of primary sulfonamides is 1. The molecule has 1 rings (SSSR count). The first-order valence-electron chi connectivity index (χ1n) is 7.19. The number of carbonyl (C=O) groups excluding carboxylic acids is 1. The number of rotatable bonds is 8. The first-order valence-corrected chi connectivity index (χ1v) is 8.74. The van der Waals surface area contributed by atoms with E-state index in [1.165, 1.54) is 6.92 Å². The number of nitrogens with one attached hydrogen (secondary N) is 2. The van der Waals surface area contributed by atoms with Gasteiger partial charge in [0.25, 0.3) is 5.91 Å². The fourth-order valence-corrected chi connectivity index (χ4v) is 3.14. The van der Waals surface area contributed by atoms with Crippen LogP contribution in [0.5, 0.6) is 0 Å². The highest BCUT2D eigenvalue weighted by Gasteiger charge is 2.26. The summed E-state index contributed by atoms with van der Waals surface area (Å²) in [7, 11) is -3.99. The number of hydrogen-bond donors (Lipinski definition) is 3. The van der Waals surface area contributed by atoms with Crippen LogP contribution < -0.4 is 10.5 Å². The quantitative estimate of drug-likeness (QED) is 0.672. The molecule has 0 aliphatic carbocycles. The minimum absolute atomic E-state index is 0.0211. The first kappa shape index (κ1) is 17.6. The lowest BCUT2D eigenvalue weighted by molar-refractivity contribution is 0.0923. The van der Waals surface area contributed by atoms with Crippen LogP contribution in [0.4, 0.5) is 0 Å². The van der Waals surface area contributed by atoms with Crippen molar-refractivity contribution in [1.82, 2.24) is 15.5 Å². The molecule has 1 heterocycles. The molecule has 21 heavy (non-hydrogen) atoms. The molecule has 1 atom stereocenters. The van der Waals surface area contributed by atoms with Gasteiger partial charge < -0.3 is 5.32 Å². The molecule has 1 aromatic heterocycles. The zero-order chi connectivity index (χ0) is 16.0. The second-order valence-electron chi connectivity index (χ2n) is 5.17. The van der Waals surface area contributed by atoms with Gasteiger partial charge in [-0.2, -0.15) is 5.10 Å². The molecule has 8 heteroatoms. The van der Waals surface area contributed by atoms with Gasteiger partial charge in [0, 0.05) is 6.04 Å². The van der Waals surface area contributed by atoms with Gasteiger partial charge in [0.15, 0.2) is 5.69 Å². The predicted octanol–water partition coefficient (Wildman–Crippen LogP) is 1.45. The van der Waals surface area contributed by atoms with Gasteiger partial charge in [0.2, 0.25) is 10.0 Å². The predicted molar refractivity (Wildman–Crippen MR) is 80.4 cm³/mol. The number of nitrogens with two attached hydrogens (primary N) is 1. The molecular formula is C13H24N4O3S. The number of unbranched alkanes of at least 4 members (excludes halogenated alkanes) is 1. The third kappa shape index (κ3) is 4.82. The van der Waals surface area contributed by atoms with Crippen molar-refractivity contribution < 1.29 is 13.2 Å². The number of nitrogens with zero attached hydrogens (tertiary/aromatic N) is 1. The van der Waals surface area contributed by atoms with Crippen LogP contribution in [0.3, 0.4) is 0 Å². The Morgan fingerprint density at radius 3 is 2.52 bits per heavy atom. The van der Waals surface area contributed by atoms with Crippen LogP contribution in [0.25, 0.3) is 0 Å². The van der Waals surface area contributed by atoms with E-state index in [0.29, 0.717) is 0 Å². The van der Waals surface area contributed by atoms with Crippen LogP contribution in [0.15, 0.2) is 4.90 Å². The van der Waals surface area contributed by atoms with E-state index in [-0.39, 0.29) is 22.3 Å². The third-order valence-corrected chi connectivity index (χ3v) is 4.34. The number of H-pyrrole nitrogens is 1. The molecule has 1 unspecified atom stereocenters. The minimum atomic E-state index is -3.99. The fourth-order valence-electron chi connectivity index (χ4n) is 2.26. The van der Waals surface area contributed by atoms with Crippen molar-refractivity contribution in [2.75, 3.05) is 0 Å². The van der Waals surface area contributed by atoms with Gasteiger partial charge in [0.1, 0.15) is 4.90 Å².